The summed E-state index contributed by atoms with van der Waals surface area (Å²) in [5, 5.41) is 0.302. The molecule has 0 aliphatic carbocycles. The second kappa shape index (κ2) is 6.94. The van der Waals surface area contributed by atoms with E-state index in [1.54, 1.807) is 17.0 Å². The van der Waals surface area contributed by atoms with Crippen molar-refractivity contribution in [3.05, 3.63) is 34.6 Å². The Bertz CT molecular complexity index is 520. The minimum Gasteiger partial charge on any atom is -0.350 e. The monoisotopic (exact) mass is 327 g/mol. The van der Waals surface area contributed by atoms with Gasteiger partial charge in [0.1, 0.15) is 5.82 Å². The highest BCUT2D eigenvalue weighted by molar-refractivity contribution is 6.31. The van der Waals surface area contributed by atoms with Crippen LogP contribution in [-0.4, -0.2) is 43.4 Å². The molecule has 0 atom stereocenters. The second-order valence-corrected chi connectivity index (χ2v) is 6.11. The number of likely N-dealkylation sites (tertiary alicyclic amines) is 1. The largest absolute Gasteiger partial charge is 0.350 e. The number of rotatable bonds is 3. The van der Waals surface area contributed by atoms with E-state index in [0.717, 1.165) is 12.8 Å². The van der Waals surface area contributed by atoms with E-state index in [2.05, 4.69) is 0 Å². The van der Waals surface area contributed by atoms with Crippen molar-refractivity contribution in [2.75, 3.05) is 26.3 Å². The number of hydrogen-bond donors (Lipinski definition) is 0. The zero-order valence-corrected chi connectivity index (χ0v) is 13.0. The fourth-order valence-corrected chi connectivity index (χ4v) is 3.26. The molecule has 0 spiro atoms. The van der Waals surface area contributed by atoms with Crippen LogP contribution in [0, 0.1) is 11.7 Å². The second-order valence-electron chi connectivity index (χ2n) is 5.71. The smallest absolute Gasteiger partial charge is 0.227 e. The average Bonchev–Trinajstić information content (AvgIpc) is 3.05. The molecular formula is C16H19ClFNO3. The Morgan fingerprint density at radius 2 is 1.95 bits per heavy atom. The highest BCUT2D eigenvalue weighted by atomic mass is 35.5. The molecule has 0 unspecified atom stereocenters. The molecule has 0 saturated carbocycles. The Balaban J connectivity index is 1.55. The normalized spacial score (nSPS) is 20.5. The first kappa shape index (κ1) is 15.7. The van der Waals surface area contributed by atoms with E-state index in [0.29, 0.717) is 37.2 Å². The predicted molar refractivity (Wildman–Crippen MR) is 80.1 cm³/mol. The summed E-state index contributed by atoms with van der Waals surface area (Å²) in [6.45, 7) is 2.60. The Morgan fingerprint density at radius 3 is 2.59 bits per heavy atom. The lowest BCUT2D eigenvalue weighted by Gasteiger charge is -2.34. The van der Waals surface area contributed by atoms with Gasteiger partial charge in [-0.2, -0.15) is 0 Å². The van der Waals surface area contributed by atoms with E-state index >= 15 is 0 Å². The van der Waals surface area contributed by atoms with Crippen LogP contribution in [0.1, 0.15) is 18.4 Å². The molecule has 0 N–H and O–H groups in total. The van der Waals surface area contributed by atoms with Crippen LogP contribution >= 0.6 is 11.6 Å². The molecule has 22 heavy (non-hydrogen) atoms. The van der Waals surface area contributed by atoms with Gasteiger partial charge < -0.3 is 14.4 Å². The van der Waals surface area contributed by atoms with Gasteiger partial charge in [0.25, 0.3) is 0 Å². The molecule has 2 fully saturated rings. The molecule has 2 aliphatic rings. The third kappa shape index (κ3) is 3.42. The van der Waals surface area contributed by atoms with Gasteiger partial charge in [0.2, 0.25) is 5.91 Å². The fourth-order valence-electron chi connectivity index (χ4n) is 3.03. The minimum atomic E-state index is -0.427. The van der Waals surface area contributed by atoms with Crippen LogP contribution in [0.4, 0.5) is 4.39 Å². The summed E-state index contributed by atoms with van der Waals surface area (Å²) in [5.41, 5.74) is 0.277. The molecule has 3 rings (SSSR count). The summed E-state index contributed by atoms with van der Waals surface area (Å²) in [5.74, 6) is -0.175. The van der Waals surface area contributed by atoms with Crippen LogP contribution in [0.15, 0.2) is 18.2 Å². The number of carbonyl (C=O) groups excluding carboxylic acids is 1. The molecular weight excluding hydrogens is 309 g/mol. The van der Waals surface area contributed by atoms with Crippen molar-refractivity contribution < 1.29 is 18.7 Å². The van der Waals surface area contributed by atoms with Crippen LogP contribution in [0.2, 0.25) is 5.02 Å². The highest BCUT2D eigenvalue weighted by Gasteiger charge is 2.31. The van der Waals surface area contributed by atoms with Crippen molar-refractivity contribution in [1.29, 1.82) is 0 Å². The number of carbonyl (C=O) groups is 1. The van der Waals surface area contributed by atoms with Crippen LogP contribution in [-0.2, 0) is 20.7 Å². The lowest BCUT2D eigenvalue weighted by atomic mass is 9.95. The van der Waals surface area contributed by atoms with Crippen LogP contribution < -0.4 is 0 Å². The van der Waals surface area contributed by atoms with E-state index < -0.39 is 5.82 Å². The van der Waals surface area contributed by atoms with Gasteiger partial charge in [-0.25, -0.2) is 4.39 Å². The topological polar surface area (TPSA) is 38.8 Å². The maximum absolute atomic E-state index is 13.8. The van der Waals surface area contributed by atoms with Gasteiger partial charge >= 0.3 is 0 Å². The molecule has 0 radical (unpaired) electrons. The van der Waals surface area contributed by atoms with Gasteiger partial charge in [0.15, 0.2) is 6.29 Å². The third-order valence-corrected chi connectivity index (χ3v) is 4.67. The number of ether oxygens (including phenoxy) is 2. The molecule has 2 saturated heterocycles. The summed E-state index contributed by atoms with van der Waals surface area (Å²) >= 11 is 5.98. The van der Waals surface area contributed by atoms with E-state index in [-0.39, 0.29) is 24.2 Å². The summed E-state index contributed by atoms with van der Waals surface area (Å²) in [6, 6.07) is 4.47. The minimum absolute atomic E-state index is 0.00655. The van der Waals surface area contributed by atoms with Crippen molar-refractivity contribution >= 4 is 17.5 Å². The number of nitrogens with zero attached hydrogens (tertiary/aromatic N) is 1. The number of hydrogen-bond acceptors (Lipinski definition) is 3. The van der Waals surface area contributed by atoms with Crippen LogP contribution in [0.5, 0.6) is 0 Å². The molecule has 2 heterocycles. The number of amides is 1. The van der Waals surface area contributed by atoms with E-state index in [1.807, 2.05) is 0 Å². The lowest BCUT2D eigenvalue weighted by molar-refractivity contribution is -0.136. The van der Waals surface area contributed by atoms with Gasteiger partial charge in [0.05, 0.1) is 19.6 Å². The first-order valence-electron chi connectivity index (χ1n) is 7.59. The Kier molecular flexibility index (Phi) is 4.96. The Labute approximate surface area is 134 Å². The SMILES string of the molecule is O=C(Cc1c(F)cccc1Cl)N1CCC(C2OCCO2)CC1. The molecule has 2 aliphatic heterocycles. The van der Waals surface area contributed by atoms with Crippen molar-refractivity contribution in [3.8, 4) is 0 Å². The lowest BCUT2D eigenvalue weighted by Crippen LogP contribution is -2.42. The molecule has 1 aromatic carbocycles. The van der Waals surface area contributed by atoms with E-state index in [1.165, 1.54) is 6.07 Å². The molecule has 0 aromatic heterocycles. The standard InChI is InChI=1S/C16H19ClFNO3/c17-13-2-1-3-14(18)12(13)10-15(20)19-6-4-11(5-7-19)16-21-8-9-22-16/h1-3,11,16H,4-10H2. The Hall–Kier alpha value is -1.17. The predicted octanol–water partition coefficient (Wildman–Crippen LogP) is 2.63. The van der Waals surface area contributed by atoms with Crippen molar-refractivity contribution in [2.24, 2.45) is 5.92 Å². The first-order valence-corrected chi connectivity index (χ1v) is 7.97. The zero-order valence-electron chi connectivity index (χ0n) is 12.3. The number of benzene rings is 1. The molecule has 120 valence electrons. The summed E-state index contributed by atoms with van der Waals surface area (Å²) in [6.07, 6.45) is 1.58. The maximum Gasteiger partial charge on any atom is 0.227 e. The van der Waals surface area contributed by atoms with Crippen LogP contribution in [0.3, 0.4) is 0 Å². The van der Waals surface area contributed by atoms with Gasteiger partial charge in [-0.1, -0.05) is 17.7 Å². The Morgan fingerprint density at radius 1 is 1.27 bits per heavy atom. The van der Waals surface area contributed by atoms with Gasteiger partial charge in [0, 0.05) is 29.6 Å². The quantitative estimate of drug-likeness (QED) is 0.856. The summed E-state index contributed by atoms with van der Waals surface area (Å²) in [4.78, 5) is 14.1. The number of halogens is 2. The third-order valence-electron chi connectivity index (χ3n) is 4.31. The van der Waals surface area contributed by atoms with Crippen molar-refractivity contribution in [1.82, 2.24) is 4.90 Å². The van der Waals surface area contributed by atoms with E-state index in [4.69, 9.17) is 21.1 Å². The van der Waals surface area contributed by atoms with E-state index in [9.17, 15) is 9.18 Å². The molecule has 0 bridgehead atoms. The van der Waals surface area contributed by atoms with Gasteiger partial charge in [-0.3, -0.25) is 4.79 Å². The maximum atomic E-state index is 13.8. The zero-order chi connectivity index (χ0) is 15.5. The van der Waals surface area contributed by atoms with Crippen LogP contribution in [0.25, 0.3) is 0 Å². The number of piperidine rings is 1. The molecule has 1 amide bonds. The first-order chi connectivity index (χ1) is 10.6. The van der Waals surface area contributed by atoms with Crippen molar-refractivity contribution in [2.45, 2.75) is 25.6 Å². The fraction of sp³-hybridized carbons (Fsp3) is 0.562. The van der Waals surface area contributed by atoms with Gasteiger partial charge in [-0.15, -0.1) is 0 Å². The molecule has 6 heteroatoms. The summed E-state index contributed by atoms with van der Waals surface area (Å²) in [7, 11) is 0. The molecule has 1 aromatic rings. The average molecular weight is 328 g/mol. The van der Waals surface area contributed by atoms with Crippen molar-refractivity contribution in [3.63, 3.8) is 0 Å². The van der Waals surface area contributed by atoms with Gasteiger partial charge in [-0.05, 0) is 25.0 Å². The summed E-state index contributed by atoms with van der Waals surface area (Å²) < 4.78 is 24.8. The highest BCUT2D eigenvalue weighted by Crippen LogP contribution is 2.27. The molecule has 4 nitrogen and oxygen atoms in total.